The van der Waals surface area contributed by atoms with E-state index in [1.165, 1.54) is 12.8 Å². The first-order valence-corrected chi connectivity index (χ1v) is 9.32. The Morgan fingerprint density at radius 3 is 2.65 bits per heavy atom. The van der Waals surface area contributed by atoms with Crippen LogP contribution in [-0.4, -0.2) is 15.5 Å². The Labute approximate surface area is 153 Å². The molecule has 0 saturated heterocycles. The van der Waals surface area contributed by atoms with Crippen LogP contribution in [0.25, 0.3) is 11.0 Å². The molecule has 5 heteroatoms. The molecule has 1 aromatic heterocycles. The molecule has 0 atom stereocenters. The van der Waals surface area contributed by atoms with Crippen molar-refractivity contribution in [3.63, 3.8) is 0 Å². The zero-order valence-corrected chi connectivity index (χ0v) is 14.8. The van der Waals surface area contributed by atoms with E-state index < -0.39 is 0 Å². The molecule has 0 radical (unpaired) electrons. The van der Waals surface area contributed by atoms with Gasteiger partial charge in [0.1, 0.15) is 0 Å². The number of carbonyl (C=O) groups excluding carboxylic acids is 1. The van der Waals surface area contributed by atoms with E-state index in [0.29, 0.717) is 24.8 Å². The summed E-state index contributed by atoms with van der Waals surface area (Å²) in [7, 11) is 0. The Morgan fingerprint density at radius 1 is 1.12 bits per heavy atom. The number of imidazole rings is 1. The summed E-state index contributed by atoms with van der Waals surface area (Å²) in [5.74, 6) is 0.645. The molecule has 1 saturated carbocycles. The molecule has 5 nitrogen and oxygen atoms in total. The topological polar surface area (TPSA) is 72.9 Å². The average Bonchev–Trinajstić information content (AvgIpc) is 3.28. The zero-order chi connectivity index (χ0) is 17.9. The second-order valence-electron chi connectivity index (χ2n) is 6.98. The average molecular weight is 348 g/mol. The second kappa shape index (κ2) is 7.20. The molecular formula is C21H24N4O. The van der Waals surface area contributed by atoms with Crippen LogP contribution in [0, 0.1) is 0 Å². The third-order valence-corrected chi connectivity index (χ3v) is 5.21. The first kappa shape index (κ1) is 16.6. The molecule has 4 rings (SSSR count). The number of anilines is 2. The van der Waals surface area contributed by atoms with Gasteiger partial charge in [-0.25, -0.2) is 4.98 Å². The molecule has 3 N–H and O–H groups in total. The number of hydrogen-bond donors (Lipinski definition) is 2. The second-order valence-corrected chi connectivity index (χ2v) is 6.98. The van der Waals surface area contributed by atoms with Gasteiger partial charge < -0.3 is 10.3 Å². The Balaban J connectivity index is 1.53. The van der Waals surface area contributed by atoms with E-state index in [2.05, 4.69) is 20.9 Å². The lowest BCUT2D eigenvalue weighted by Crippen LogP contribution is -2.18. The molecule has 2 aromatic carbocycles. The first-order chi connectivity index (χ1) is 12.7. The van der Waals surface area contributed by atoms with Crippen LogP contribution in [-0.2, 0) is 11.2 Å². The van der Waals surface area contributed by atoms with Crippen molar-refractivity contribution in [1.82, 2.24) is 9.55 Å². The first-order valence-electron chi connectivity index (χ1n) is 9.32. The van der Waals surface area contributed by atoms with Crippen molar-refractivity contribution in [3.05, 3.63) is 54.1 Å². The van der Waals surface area contributed by atoms with Crippen LogP contribution in [0.3, 0.4) is 0 Å². The molecule has 1 amide bonds. The van der Waals surface area contributed by atoms with Gasteiger partial charge in [0.15, 0.2) is 0 Å². The van der Waals surface area contributed by atoms with E-state index in [0.717, 1.165) is 35.1 Å². The number of benzene rings is 2. The number of carbonyl (C=O) groups is 1. The van der Waals surface area contributed by atoms with Gasteiger partial charge in [-0.05, 0) is 43.0 Å². The summed E-state index contributed by atoms with van der Waals surface area (Å²) in [5.41, 5.74) is 9.74. The number of nitrogens with zero attached hydrogens (tertiary/aromatic N) is 2. The molecule has 0 aliphatic heterocycles. The highest BCUT2D eigenvalue weighted by atomic mass is 16.1. The maximum Gasteiger partial charge on any atom is 0.227 e. The van der Waals surface area contributed by atoms with Gasteiger partial charge in [0.25, 0.3) is 0 Å². The monoisotopic (exact) mass is 348 g/mol. The Bertz CT molecular complexity index is 925. The summed E-state index contributed by atoms with van der Waals surface area (Å²) < 4.78 is 2.22. The van der Waals surface area contributed by atoms with E-state index in [4.69, 9.17) is 5.73 Å². The van der Waals surface area contributed by atoms with Crippen LogP contribution >= 0.6 is 0 Å². The number of hydrogen-bond acceptors (Lipinski definition) is 3. The van der Waals surface area contributed by atoms with E-state index in [1.54, 1.807) is 0 Å². The van der Waals surface area contributed by atoms with Gasteiger partial charge in [-0.2, -0.15) is 0 Å². The van der Waals surface area contributed by atoms with Crippen molar-refractivity contribution < 1.29 is 4.79 Å². The van der Waals surface area contributed by atoms with Gasteiger partial charge in [0.05, 0.1) is 11.0 Å². The number of para-hydroxylation sites is 3. The van der Waals surface area contributed by atoms with Gasteiger partial charge in [-0.3, -0.25) is 10.1 Å². The lowest BCUT2D eigenvalue weighted by molar-refractivity contribution is -0.116. The summed E-state index contributed by atoms with van der Waals surface area (Å²) in [4.78, 5) is 17.2. The fourth-order valence-corrected chi connectivity index (χ4v) is 3.86. The Morgan fingerprint density at radius 2 is 1.85 bits per heavy atom. The maximum absolute atomic E-state index is 12.5. The maximum atomic E-state index is 12.5. The molecule has 1 aliphatic carbocycles. The van der Waals surface area contributed by atoms with Crippen LogP contribution in [0.1, 0.15) is 43.7 Å². The molecule has 0 unspecified atom stereocenters. The van der Waals surface area contributed by atoms with Crippen molar-refractivity contribution in [2.24, 2.45) is 0 Å². The normalized spacial score (nSPS) is 14.8. The van der Waals surface area contributed by atoms with Gasteiger partial charge in [0, 0.05) is 18.2 Å². The number of aryl methyl sites for hydroxylation is 1. The number of rotatable bonds is 5. The summed E-state index contributed by atoms with van der Waals surface area (Å²) in [6.45, 7) is 0. The van der Waals surface area contributed by atoms with Crippen molar-refractivity contribution in [2.45, 2.75) is 44.6 Å². The van der Waals surface area contributed by atoms with Crippen LogP contribution in [0.15, 0.2) is 48.5 Å². The standard InChI is InChI=1S/C21H24N4O/c22-17-10-4-1-7-15(17)13-14-20(26)24-21-23-18-11-5-6-12-19(18)25(21)16-8-2-3-9-16/h1,4-7,10-12,16H,2-3,8-9,13-14,22H2,(H,23,24,26). The lowest BCUT2D eigenvalue weighted by Gasteiger charge is -2.16. The van der Waals surface area contributed by atoms with Gasteiger partial charge in [0.2, 0.25) is 11.9 Å². The minimum absolute atomic E-state index is 0.0252. The minimum Gasteiger partial charge on any atom is -0.399 e. The minimum atomic E-state index is -0.0252. The van der Waals surface area contributed by atoms with E-state index in [9.17, 15) is 4.79 Å². The Kier molecular flexibility index (Phi) is 4.61. The molecule has 26 heavy (non-hydrogen) atoms. The third-order valence-electron chi connectivity index (χ3n) is 5.21. The van der Waals surface area contributed by atoms with E-state index in [1.807, 2.05) is 42.5 Å². The molecular weight excluding hydrogens is 324 g/mol. The summed E-state index contributed by atoms with van der Waals surface area (Å²) in [6, 6.07) is 16.2. The number of aromatic nitrogens is 2. The van der Waals surface area contributed by atoms with Crippen LogP contribution < -0.4 is 11.1 Å². The van der Waals surface area contributed by atoms with Gasteiger partial charge >= 0.3 is 0 Å². The fraction of sp³-hybridized carbons (Fsp3) is 0.333. The van der Waals surface area contributed by atoms with Gasteiger partial charge in [-0.1, -0.05) is 43.2 Å². The van der Waals surface area contributed by atoms with E-state index in [-0.39, 0.29) is 5.91 Å². The molecule has 0 spiro atoms. The lowest BCUT2D eigenvalue weighted by atomic mass is 10.1. The molecule has 0 bridgehead atoms. The predicted octanol–water partition coefficient (Wildman–Crippen LogP) is 4.30. The fourth-order valence-electron chi connectivity index (χ4n) is 3.86. The van der Waals surface area contributed by atoms with E-state index >= 15 is 0 Å². The molecule has 134 valence electrons. The highest BCUT2D eigenvalue weighted by molar-refractivity contribution is 5.91. The molecule has 3 aromatic rings. The van der Waals surface area contributed by atoms with Crippen molar-refractivity contribution in [3.8, 4) is 0 Å². The van der Waals surface area contributed by atoms with Crippen LogP contribution in [0.2, 0.25) is 0 Å². The summed E-state index contributed by atoms with van der Waals surface area (Å²) in [6.07, 6.45) is 5.77. The number of fused-ring (bicyclic) bond motifs is 1. The van der Waals surface area contributed by atoms with Crippen LogP contribution in [0.4, 0.5) is 11.6 Å². The highest BCUT2D eigenvalue weighted by Gasteiger charge is 2.23. The summed E-state index contributed by atoms with van der Waals surface area (Å²) in [5, 5.41) is 3.04. The van der Waals surface area contributed by atoms with Crippen molar-refractivity contribution in [1.29, 1.82) is 0 Å². The number of nitrogens with one attached hydrogen (secondary N) is 1. The Hall–Kier alpha value is -2.82. The zero-order valence-electron chi connectivity index (χ0n) is 14.8. The number of nitrogen functional groups attached to an aromatic ring is 1. The predicted molar refractivity (Wildman–Crippen MR) is 105 cm³/mol. The summed E-state index contributed by atoms with van der Waals surface area (Å²) >= 11 is 0. The molecule has 1 aliphatic rings. The number of nitrogens with two attached hydrogens (primary N) is 1. The quantitative estimate of drug-likeness (QED) is 0.675. The third kappa shape index (κ3) is 3.29. The van der Waals surface area contributed by atoms with Crippen LogP contribution in [0.5, 0.6) is 0 Å². The van der Waals surface area contributed by atoms with Crippen molar-refractivity contribution in [2.75, 3.05) is 11.1 Å². The smallest absolute Gasteiger partial charge is 0.227 e. The SMILES string of the molecule is Nc1ccccc1CCC(=O)Nc1nc2ccccc2n1C1CCCC1. The number of amides is 1. The molecule has 1 fully saturated rings. The van der Waals surface area contributed by atoms with Gasteiger partial charge in [-0.15, -0.1) is 0 Å². The van der Waals surface area contributed by atoms with Crippen molar-refractivity contribution >= 4 is 28.6 Å². The highest BCUT2D eigenvalue weighted by Crippen LogP contribution is 2.35. The molecule has 1 heterocycles. The largest absolute Gasteiger partial charge is 0.399 e.